The number of hydrogen-bond acceptors (Lipinski definition) is 3. The summed E-state index contributed by atoms with van der Waals surface area (Å²) in [6.45, 7) is 0.421. The molecule has 5 heteroatoms. The Labute approximate surface area is 117 Å². The van der Waals surface area contributed by atoms with Crippen LogP contribution in [0.25, 0.3) is 11.0 Å². The Kier molecular flexibility index (Phi) is 3.44. The van der Waals surface area contributed by atoms with Gasteiger partial charge in [-0.05, 0) is 36.5 Å². The number of H-pyrrole nitrogens is 1. The molecule has 0 spiro atoms. The third-order valence-corrected chi connectivity index (χ3v) is 3.93. The third kappa shape index (κ3) is 2.67. The second-order valence-electron chi connectivity index (χ2n) is 5.57. The maximum absolute atomic E-state index is 12.2. The minimum atomic E-state index is -0.381. The summed E-state index contributed by atoms with van der Waals surface area (Å²) in [7, 11) is 1.75. The summed E-state index contributed by atoms with van der Waals surface area (Å²) in [4.78, 5) is 21.1. The number of rotatable bonds is 5. The topological polar surface area (TPSA) is 69.2 Å². The average molecular weight is 273 g/mol. The molecule has 2 aromatic heterocycles. The lowest BCUT2D eigenvalue weighted by Gasteiger charge is -2.20. The molecule has 2 heterocycles. The molecule has 1 aliphatic carbocycles. The maximum atomic E-state index is 12.2. The standard InChI is InChI=1S/C15H19N3O2/c1-18(9-13(19)10-4-5-10)14(20)7-11-8-17-15-12(11)3-2-6-16-15/h2-3,6,8,10,13,19H,4-5,7,9H2,1H3,(H,16,17). The van der Waals surface area contributed by atoms with Gasteiger partial charge in [-0.3, -0.25) is 4.79 Å². The molecule has 0 radical (unpaired) electrons. The molecule has 1 aliphatic rings. The zero-order valence-corrected chi connectivity index (χ0v) is 11.5. The first-order valence-electron chi connectivity index (χ1n) is 6.98. The van der Waals surface area contributed by atoms with Gasteiger partial charge in [0.2, 0.25) is 5.91 Å². The van der Waals surface area contributed by atoms with Crippen LogP contribution in [-0.2, 0) is 11.2 Å². The molecule has 1 fully saturated rings. The van der Waals surface area contributed by atoms with E-state index in [-0.39, 0.29) is 12.0 Å². The van der Waals surface area contributed by atoms with E-state index in [1.54, 1.807) is 18.1 Å². The highest BCUT2D eigenvalue weighted by Gasteiger charge is 2.31. The number of aliphatic hydroxyl groups excluding tert-OH is 1. The van der Waals surface area contributed by atoms with Gasteiger partial charge in [0.25, 0.3) is 0 Å². The summed E-state index contributed by atoms with van der Waals surface area (Å²) in [5.41, 5.74) is 1.75. The minimum Gasteiger partial charge on any atom is -0.391 e. The van der Waals surface area contributed by atoms with Crippen LogP contribution in [0.15, 0.2) is 24.5 Å². The average Bonchev–Trinajstić information content (AvgIpc) is 3.22. The number of carbonyl (C=O) groups is 1. The molecule has 5 nitrogen and oxygen atoms in total. The molecule has 0 saturated heterocycles. The van der Waals surface area contributed by atoms with E-state index in [2.05, 4.69) is 9.97 Å². The molecule has 1 atom stereocenters. The van der Waals surface area contributed by atoms with Crippen LogP contribution in [0.5, 0.6) is 0 Å². The van der Waals surface area contributed by atoms with Gasteiger partial charge in [-0.1, -0.05) is 0 Å². The van der Waals surface area contributed by atoms with Crippen LogP contribution < -0.4 is 0 Å². The Bertz CT molecular complexity index is 618. The summed E-state index contributed by atoms with van der Waals surface area (Å²) in [6.07, 6.45) is 5.67. The van der Waals surface area contributed by atoms with E-state index >= 15 is 0 Å². The Morgan fingerprint density at radius 1 is 1.60 bits per heavy atom. The van der Waals surface area contributed by atoms with Crippen molar-refractivity contribution in [2.45, 2.75) is 25.4 Å². The van der Waals surface area contributed by atoms with Crippen molar-refractivity contribution < 1.29 is 9.90 Å². The van der Waals surface area contributed by atoms with Crippen molar-refractivity contribution in [3.63, 3.8) is 0 Å². The monoisotopic (exact) mass is 273 g/mol. The fourth-order valence-corrected chi connectivity index (χ4v) is 2.47. The van der Waals surface area contributed by atoms with Crippen molar-refractivity contribution in [2.75, 3.05) is 13.6 Å². The number of fused-ring (bicyclic) bond motifs is 1. The molecule has 0 bridgehead atoms. The summed E-state index contributed by atoms with van der Waals surface area (Å²) in [5.74, 6) is 0.414. The van der Waals surface area contributed by atoms with E-state index in [9.17, 15) is 9.90 Å². The minimum absolute atomic E-state index is 0.0226. The van der Waals surface area contributed by atoms with Crippen LogP contribution in [0.2, 0.25) is 0 Å². The van der Waals surface area contributed by atoms with E-state index in [0.717, 1.165) is 29.4 Å². The molecular formula is C15H19N3O2. The first-order valence-corrected chi connectivity index (χ1v) is 6.98. The second-order valence-corrected chi connectivity index (χ2v) is 5.57. The van der Waals surface area contributed by atoms with Gasteiger partial charge in [0.15, 0.2) is 0 Å². The van der Waals surface area contributed by atoms with Crippen molar-refractivity contribution in [1.29, 1.82) is 0 Å². The SMILES string of the molecule is CN(CC(O)C1CC1)C(=O)Cc1c[nH]c2ncccc12. The molecule has 106 valence electrons. The van der Waals surface area contributed by atoms with Crippen LogP contribution in [-0.4, -0.2) is 45.6 Å². The molecule has 20 heavy (non-hydrogen) atoms. The highest BCUT2D eigenvalue weighted by Crippen LogP contribution is 2.32. The lowest BCUT2D eigenvalue weighted by atomic mass is 10.1. The van der Waals surface area contributed by atoms with Gasteiger partial charge in [0.05, 0.1) is 12.5 Å². The molecule has 2 N–H and O–H groups in total. The van der Waals surface area contributed by atoms with Gasteiger partial charge in [0, 0.05) is 31.4 Å². The largest absolute Gasteiger partial charge is 0.391 e. The van der Waals surface area contributed by atoms with Gasteiger partial charge < -0.3 is 15.0 Å². The molecule has 1 unspecified atom stereocenters. The molecular weight excluding hydrogens is 254 g/mol. The first kappa shape index (κ1) is 13.1. The number of hydrogen-bond donors (Lipinski definition) is 2. The van der Waals surface area contributed by atoms with Crippen molar-refractivity contribution in [3.05, 3.63) is 30.1 Å². The summed E-state index contributed by atoms with van der Waals surface area (Å²) in [5, 5.41) is 10.9. The van der Waals surface area contributed by atoms with Crippen molar-refractivity contribution >= 4 is 16.9 Å². The molecule has 0 aliphatic heterocycles. The van der Waals surface area contributed by atoms with Crippen LogP contribution in [0.4, 0.5) is 0 Å². The Morgan fingerprint density at radius 3 is 3.15 bits per heavy atom. The third-order valence-electron chi connectivity index (χ3n) is 3.93. The van der Waals surface area contributed by atoms with Gasteiger partial charge >= 0.3 is 0 Å². The van der Waals surface area contributed by atoms with Crippen molar-refractivity contribution in [2.24, 2.45) is 5.92 Å². The first-order chi connectivity index (χ1) is 9.65. The number of amides is 1. The fraction of sp³-hybridized carbons (Fsp3) is 0.467. The van der Waals surface area contributed by atoms with Gasteiger partial charge in [-0.15, -0.1) is 0 Å². The molecule has 2 aromatic rings. The van der Waals surface area contributed by atoms with Crippen LogP contribution in [0.3, 0.4) is 0 Å². The zero-order valence-electron chi connectivity index (χ0n) is 11.5. The van der Waals surface area contributed by atoms with E-state index < -0.39 is 0 Å². The van der Waals surface area contributed by atoms with Gasteiger partial charge in [0.1, 0.15) is 5.65 Å². The number of pyridine rings is 1. The number of aliphatic hydroxyl groups is 1. The van der Waals surface area contributed by atoms with Crippen molar-refractivity contribution in [3.8, 4) is 0 Å². The number of carbonyl (C=O) groups excluding carboxylic acids is 1. The Balaban J connectivity index is 1.65. The van der Waals surface area contributed by atoms with Crippen LogP contribution in [0.1, 0.15) is 18.4 Å². The number of aromatic amines is 1. The van der Waals surface area contributed by atoms with Crippen molar-refractivity contribution in [1.82, 2.24) is 14.9 Å². The highest BCUT2D eigenvalue weighted by molar-refractivity contribution is 5.87. The number of aromatic nitrogens is 2. The smallest absolute Gasteiger partial charge is 0.226 e. The number of nitrogens with one attached hydrogen (secondary N) is 1. The summed E-state index contributed by atoms with van der Waals surface area (Å²) in [6, 6.07) is 3.82. The normalized spacial score (nSPS) is 16.3. The van der Waals surface area contributed by atoms with Crippen LogP contribution >= 0.6 is 0 Å². The zero-order chi connectivity index (χ0) is 14.1. The molecule has 0 aromatic carbocycles. The lowest BCUT2D eigenvalue weighted by Crippen LogP contribution is -2.36. The molecule has 1 amide bonds. The Hall–Kier alpha value is -1.88. The molecule has 3 rings (SSSR count). The van der Waals surface area contributed by atoms with E-state index in [0.29, 0.717) is 18.9 Å². The van der Waals surface area contributed by atoms with E-state index in [1.807, 2.05) is 18.3 Å². The van der Waals surface area contributed by atoms with E-state index in [1.165, 1.54) is 0 Å². The van der Waals surface area contributed by atoms with E-state index in [4.69, 9.17) is 0 Å². The summed E-state index contributed by atoms with van der Waals surface area (Å²) >= 11 is 0. The van der Waals surface area contributed by atoms with Gasteiger partial charge in [-0.2, -0.15) is 0 Å². The van der Waals surface area contributed by atoms with Crippen LogP contribution in [0, 0.1) is 5.92 Å². The maximum Gasteiger partial charge on any atom is 0.226 e. The second kappa shape index (κ2) is 5.25. The predicted molar refractivity (Wildman–Crippen MR) is 76.2 cm³/mol. The number of nitrogens with zero attached hydrogens (tertiary/aromatic N) is 2. The predicted octanol–water partition coefficient (Wildman–Crippen LogP) is 1.33. The Morgan fingerprint density at radius 2 is 2.40 bits per heavy atom. The van der Waals surface area contributed by atoms with Gasteiger partial charge in [-0.25, -0.2) is 4.98 Å². The molecule has 1 saturated carbocycles. The quantitative estimate of drug-likeness (QED) is 0.863. The highest BCUT2D eigenvalue weighted by atomic mass is 16.3. The summed E-state index contributed by atoms with van der Waals surface area (Å²) < 4.78 is 0. The lowest BCUT2D eigenvalue weighted by molar-refractivity contribution is -0.130. The fourth-order valence-electron chi connectivity index (χ4n) is 2.47. The number of likely N-dealkylation sites (N-methyl/N-ethyl adjacent to an activating group) is 1.